The lowest BCUT2D eigenvalue weighted by Gasteiger charge is -2.35. The number of fused-ring (bicyclic) bond motifs is 1. The van der Waals surface area contributed by atoms with E-state index in [0.717, 1.165) is 18.4 Å². The van der Waals surface area contributed by atoms with Crippen LogP contribution in [0.2, 0.25) is 0 Å². The molecule has 2 atom stereocenters. The van der Waals surface area contributed by atoms with Crippen LogP contribution in [0.25, 0.3) is 11.3 Å². The number of hydrogen-bond acceptors (Lipinski definition) is 5. The van der Waals surface area contributed by atoms with Gasteiger partial charge in [-0.1, -0.05) is 5.16 Å². The predicted molar refractivity (Wildman–Crippen MR) is 85.0 cm³/mol. The maximum Gasteiger partial charge on any atom is 0.260 e. The summed E-state index contributed by atoms with van der Waals surface area (Å²) in [5.41, 5.74) is 1.79. The Morgan fingerprint density at radius 2 is 2.17 bits per heavy atom. The smallest absolute Gasteiger partial charge is 0.260 e. The number of carbonyl (C=O) groups is 2. The highest BCUT2D eigenvalue weighted by molar-refractivity contribution is 6.01. The molecule has 4 heterocycles. The van der Waals surface area contributed by atoms with Crippen molar-refractivity contribution < 1.29 is 14.1 Å². The first-order chi connectivity index (χ1) is 11.7. The van der Waals surface area contributed by atoms with Gasteiger partial charge in [0.05, 0.1) is 12.0 Å². The molecule has 0 radical (unpaired) electrons. The monoisotopic (exact) mass is 326 g/mol. The van der Waals surface area contributed by atoms with Gasteiger partial charge in [-0.25, -0.2) is 0 Å². The van der Waals surface area contributed by atoms with Crippen LogP contribution in [0.5, 0.6) is 0 Å². The van der Waals surface area contributed by atoms with Crippen LogP contribution >= 0.6 is 0 Å². The number of nitrogens with one attached hydrogen (secondary N) is 1. The summed E-state index contributed by atoms with van der Waals surface area (Å²) in [7, 11) is 0. The zero-order valence-electron chi connectivity index (χ0n) is 13.4. The number of likely N-dealkylation sites (tertiary alicyclic amines) is 1. The van der Waals surface area contributed by atoms with Crippen LogP contribution in [-0.2, 0) is 4.79 Å². The van der Waals surface area contributed by atoms with E-state index >= 15 is 0 Å². The molecule has 0 spiro atoms. The summed E-state index contributed by atoms with van der Waals surface area (Å²) in [5, 5.41) is 6.94. The Morgan fingerprint density at radius 3 is 2.96 bits per heavy atom. The molecule has 2 aromatic rings. The van der Waals surface area contributed by atoms with Crippen LogP contribution in [0.4, 0.5) is 0 Å². The number of nitrogens with zero attached hydrogens (tertiary/aromatic N) is 3. The fourth-order valence-corrected chi connectivity index (χ4v) is 3.68. The van der Waals surface area contributed by atoms with Gasteiger partial charge < -0.3 is 14.7 Å². The van der Waals surface area contributed by atoms with Crippen molar-refractivity contribution >= 4 is 11.8 Å². The van der Waals surface area contributed by atoms with Crippen LogP contribution in [0.1, 0.15) is 29.0 Å². The molecule has 0 bridgehead atoms. The molecule has 2 aliphatic rings. The number of pyridine rings is 1. The number of rotatable bonds is 2. The summed E-state index contributed by atoms with van der Waals surface area (Å²) in [6, 6.07) is 3.51. The molecule has 7 nitrogen and oxygen atoms in total. The number of hydrogen-bond donors (Lipinski definition) is 1. The van der Waals surface area contributed by atoms with E-state index in [9.17, 15) is 9.59 Å². The van der Waals surface area contributed by atoms with Gasteiger partial charge in [0.15, 0.2) is 0 Å². The van der Waals surface area contributed by atoms with Crippen molar-refractivity contribution in [2.45, 2.75) is 25.8 Å². The van der Waals surface area contributed by atoms with Gasteiger partial charge >= 0.3 is 0 Å². The van der Waals surface area contributed by atoms with E-state index in [2.05, 4.69) is 15.5 Å². The second kappa shape index (κ2) is 5.74. The molecule has 2 amide bonds. The average molecular weight is 326 g/mol. The predicted octanol–water partition coefficient (Wildman–Crippen LogP) is 1.40. The van der Waals surface area contributed by atoms with Crippen molar-refractivity contribution in [3.05, 3.63) is 35.9 Å². The molecule has 124 valence electrons. The zero-order valence-corrected chi connectivity index (χ0v) is 13.4. The normalized spacial score (nSPS) is 23.0. The first-order valence-corrected chi connectivity index (χ1v) is 8.12. The van der Waals surface area contributed by atoms with Gasteiger partial charge in [-0.2, -0.15) is 0 Å². The van der Waals surface area contributed by atoms with Gasteiger partial charge in [0.1, 0.15) is 17.0 Å². The molecule has 4 rings (SSSR count). The van der Waals surface area contributed by atoms with Crippen LogP contribution in [0.3, 0.4) is 0 Å². The first kappa shape index (κ1) is 14.9. The molecule has 2 saturated heterocycles. The minimum atomic E-state index is -0.119. The van der Waals surface area contributed by atoms with Crippen molar-refractivity contribution in [3.63, 3.8) is 0 Å². The number of piperidine rings is 1. The van der Waals surface area contributed by atoms with Crippen LogP contribution < -0.4 is 5.32 Å². The van der Waals surface area contributed by atoms with Crippen LogP contribution in [-0.4, -0.2) is 46.0 Å². The molecular weight excluding hydrogens is 308 g/mol. The van der Waals surface area contributed by atoms with Crippen molar-refractivity contribution in [1.29, 1.82) is 0 Å². The molecule has 24 heavy (non-hydrogen) atoms. The fraction of sp³-hybridized carbons (Fsp3) is 0.412. The summed E-state index contributed by atoms with van der Waals surface area (Å²) in [4.78, 5) is 30.9. The quantitative estimate of drug-likeness (QED) is 0.901. The Hall–Kier alpha value is -2.70. The molecule has 2 fully saturated rings. The maximum atomic E-state index is 13.2. The third-order valence-electron chi connectivity index (χ3n) is 4.89. The first-order valence-electron chi connectivity index (χ1n) is 8.12. The Kier molecular flexibility index (Phi) is 3.55. The number of carbonyl (C=O) groups excluding carboxylic acids is 2. The summed E-state index contributed by atoms with van der Waals surface area (Å²) in [6.07, 6.45) is 4.98. The summed E-state index contributed by atoms with van der Waals surface area (Å²) in [5.74, 6) is 0.319. The van der Waals surface area contributed by atoms with Gasteiger partial charge in [-0.15, -0.1) is 0 Å². The number of aryl methyl sites for hydroxylation is 1. The van der Waals surface area contributed by atoms with Gasteiger partial charge in [0.25, 0.3) is 5.91 Å². The second-order valence-electron chi connectivity index (χ2n) is 6.26. The van der Waals surface area contributed by atoms with E-state index in [1.54, 1.807) is 36.4 Å². The van der Waals surface area contributed by atoms with Crippen molar-refractivity contribution in [1.82, 2.24) is 20.4 Å². The lowest BCUT2D eigenvalue weighted by molar-refractivity contribution is -0.123. The molecule has 0 saturated carbocycles. The molecule has 0 aromatic carbocycles. The SMILES string of the molecule is Cc1onc(-c2ccncc2)c1C(=O)N1CCC[C@H]2C(=O)NC[C@H]21. The van der Waals surface area contributed by atoms with E-state index in [1.165, 1.54) is 0 Å². The van der Waals surface area contributed by atoms with E-state index in [4.69, 9.17) is 4.52 Å². The average Bonchev–Trinajstić information content (AvgIpc) is 3.18. The highest BCUT2D eigenvalue weighted by Crippen LogP contribution is 2.32. The highest BCUT2D eigenvalue weighted by Gasteiger charge is 2.43. The minimum Gasteiger partial charge on any atom is -0.360 e. The molecular formula is C17H18N4O3. The van der Waals surface area contributed by atoms with Crippen molar-refractivity contribution in [3.8, 4) is 11.3 Å². The molecule has 0 unspecified atom stereocenters. The maximum absolute atomic E-state index is 13.2. The van der Waals surface area contributed by atoms with Crippen LogP contribution in [0.15, 0.2) is 29.0 Å². The Balaban J connectivity index is 1.70. The fourth-order valence-electron chi connectivity index (χ4n) is 3.68. The van der Waals surface area contributed by atoms with Gasteiger partial charge in [0.2, 0.25) is 5.91 Å². The molecule has 7 heteroatoms. The van der Waals surface area contributed by atoms with Crippen LogP contribution in [0, 0.1) is 12.8 Å². The summed E-state index contributed by atoms with van der Waals surface area (Å²) < 4.78 is 5.29. The molecule has 1 N–H and O–H groups in total. The van der Waals surface area contributed by atoms with Gasteiger partial charge in [0, 0.05) is 31.0 Å². The highest BCUT2D eigenvalue weighted by atomic mass is 16.5. The van der Waals surface area contributed by atoms with Crippen molar-refractivity contribution in [2.75, 3.05) is 13.1 Å². The van der Waals surface area contributed by atoms with E-state index in [-0.39, 0.29) is 23.8 Å². The zero-order chi connectivity index (χ0) is 16.7. The van der Waals surface area contributed by atoms with E-state index < -0.39 is 0 Å². The Bertz CT molecular complexity index is 786. The third-order valence-corrected chi connectivity index (χ3v) is 4.89. The van der Waals surface area contributed by atoms with E-state index in [1.807, 2.05) is 0 Å². The standard InChI is InChI=1S/C17H18N4O3/c1-10-14(15(20-24-10)11-4-6-18-7-5-11)17(23)21-8-2-3-12-13(21)9-19-16(12)22/h4-7,12-13H,2-3,8-9H2,1H3,(H,19,22)/t12-,13-/m1/s1. The number of aromatic nitrogens is 2. The van der Waals surface area contributed by atoms with Gasteiger partial charge in [-0.05, 0) is 31.9 Å². The molecule has 2 aliphatic heterocycles. The van der Waals surface area contributed by atoms with E-state index in [0.29, 0.717) is 30.1 Å². The largest absolute Gasteiger partial charge is 0.360 e. The van der Waals surface area contributed by atoms with Gasteiger partial charge in [-0.3, -0.25) is 14.6 Å². The van der Waals surface area contributed by atoms with Crippen molar-refractivity contribution in [2.24, 2.45) is 5.92 Å². The lowest BCUT2D eigenvalue weighted by atomic mass is 9.90. The topological polar surface area (TPSA) is 88.3 Å². The molecule has 0 aliphatic carbocycles. The summed E-state index contributed by atoms with van der Waals surface area (Å²) in [6.45, 7) is 2.91. The summed E-state index contributed by atoms with van der Waals surface area (Å²) >= 11 is 0. The Morgan fingerprint density at radius 1 is 1.38 bits per heavy atom. The number of amides is 2. The lowest BCUT2D eigenvalue weighted by Crippen LogP contribution is -2.48. The second-order valence-corrected chi connectivity index (χ2v) is 6.26. The third kappa shape index (κ3) is 2.28. The minimum absolute atomic E-state index is 0.0499. The molecule has 2 aromatic heterocycles. The Labute approximate surface area is 139 Å².